The van der Waals surface area contributed by atoms with Crippen LogP contribution in [0.4, 0.5) is 0 Å². The lowest BCUT2D eigenvalue weighted by Crippen LogP contribution is -2.34. The van der Waals surface area contributed by atoms with Crippen molar-refractivity contribution in [2.75, 3.05) is 0 Å². The molecule has 1 fully saturated rings. The van der Waals surface area contributed by atoms with Crippen molar-refractivity contribution in [1.29, 1.82) is 0 Å². The van der Waals surface area contributed by atoms with Crippen LogP contribution in [0, 0.1) is 0 Å². The molecular weight excluding hydrogens is 361 g/mol. The van der Waals surface area contributed by atoms with Crippen molar-refractivity contribution in [2.45, 2.75) is 37.8 Å². The van der Waals surface area contributed by atoms with Crippen molar-refractivity contribution in [3.8, 4) is 5.75 Å². The predicted molar refractivity (Wildman–Crippen MR) is 99.2 cm³/mol. The van der Waals surface area contributed by atoms with E-state index in [1.54, 1.807) is 0 Å². The third kappa shape index (κ3) is 3.45. The molecule has 25 heavy (non-hydrogen) atoms. The summed E-state index contributed by atoms with van der Waals surface area (Å²) >= 11 is 6.23. The van der Waals surface area contributed by atoms with E-state index in [9.17, 15) is 0 Å². The number of nitrogens with zero attached hydrogens (tertiary/aromatic N) is 2. The minimum Gasteiger partial charge on any atom is -0.483 e. The van der Waals surface area contributed by atoms with Crippen LogP contribution in [0.2, 0.25) is 5.02 Å². The van der Waals surface area contributed by atoms with Gasteiger partial charge in [0.15, 0.2) is 12.4 Å². The third-order valence-electron chi connectivity index (χ3n) is 4.59. The molecule has 0 bridgehead atoms. The molecule has 5 nitrogen and oxygen atoms in total. The SMILES string of the molecule is Cl.NC1(c2noc(COc3ccc(Cl)c4ccccc34)n2)CCCC1. The highest BCUT2D eigenvalue weighted by atomic mass is 35.5. The number of ether oxygens (including phenoxy) is 1. The first kappa shape index (κ1) is 18.0. The zero-order chi connectivity index (χ0) is 16.6. The summed E-state index contributed by atoms with van der Waals surface area (Å²) < 4.78 is 11.2. The zero-order valence-corrected chi connectivity index (χ0v) is 15.1. The summed E-state index contributed by atoms with van der Waals surface area (Å²) in [4.78, 5) is 4.42. The topological polar surface area (TPSA) is 74.2 Å². The molecule has 1 saturated carbocycles. The van der Waals surface area contributed by atoms with Gasteiger partial charge in [-0.05, 0) is 25.0 Å². The maximum atomic E-state index is 6.35. The average Bonchev–Trinajstić information content (AvgIpc) is 3.25. The Kier molecular flexibility index (Phi) is 5.18. The Balaban J connectivity index is 0.00000182. The van der Waals surface area contributed by atoms with Gasteiger partial charge < -0.3 is 15.0 Å². The number of hydrogen-bond donors (Lipinski definition) is 1. The first-order valence-corrected chi connectivity index (χ1v) is 8.45. The molecule has 1 aliphatic rings. The maximum absolute atomic E-state index is 6.35. The molecule has 132 valence electrons. The number of nitrogens with two attached hydrogens (primary N) is 1. The fourth-order valence-electron chi connectivity index (χ4n) is 3.25. The number of hydrogen-bond acceptors (Lipinski definition) is 5. The van der Waals surface area contributed by atoms with Gasteiger partial charge in [0, 0.05) is 15.8 Å². The molecule has 1 aromatic heterocycles. The van der Waals surface area contributed by atoms with Crippen LogP contribution in [0.25, 0.3) is 10.8 Å². The summed E-state index contributed by atoms with van der Waals surface area (Å²) in [5, 5.41) is 6.65. The second-order valence-corrected chi connectivity index (χ2v) is 6.66. The molecule has 2 N–H and O–H groups in total. The highest BCUT2D eigenvalue weighted by Gasteiger charge is 2.35. The maximum Gasteiger partial charge on any atom is 0.264 e. The molecule has 2 aromatic carbocycles. The molecule has 0 atom stereocenters. The molecule has 1 aliphatic carbocycles. The standard InChI is InChI=1S/C18H18ClN3O2.ClH/c19-14-7-8-15(13-6-2-1-5-12(13)14)23-11-16-21-17(22-24-16)18(20)9-3-4-10-18;/h1-2,5-8H,3-4,9-11,20H2;1H. The van der Waals surface area contributed by atoms with Gasteiger partial charge in [-0.1, -0.05) is 53.9 Å². The quantitative estimate of drug-likeness (QED) is 0.716. The van der Waals surface area contributed by atoms with Crippen LogP contribution in [0.1, 0.15) is 37.4 Å². The fraction of sp³-hybridized carbons (Fsp3) is 0.333. The lowest BCUT2D eigenvalue weighted by molar-refractivity contribution is 0.243. The van der Waals surface area contributed by atoms with E-state index in [1.807, 2.05) is 36.4 Å². The monoisotopic (exact) mass is 379 g/mol. The predicted octanol–water partition coefficient (Wildman–Crippen LogP) is 4.61. The van der Waals surface area contributed by atoms with Gasteiger partial charge in [0.25, 0.3) is 5.89 Å². The fourth-order valence-corrected chi connectivity index (χ4v) is 3.47. The Morgan fingerprint density at radius 3 is 2.60 bits per heavy atom. The van der Waals surface area contributed by atoms with E-state index in [2.05, 4.69) is 10.1 Å². The Morgan fingerprint density at radius 2 is 1.84 bits per heavy atom. The van der Waals surface area contributed by atoms with Gasteiger partial charge in [0.05, 0.1) is 5.54 Å². The highest BCUT2D eigenvalue weighted by molar-refractivity contribution is 6.35. The molecule has 4 rings (SSSR count). The van der Waals surface area contributed by atoms with Crippen LogP contribution in [0.5, 0.6) is 5.75 Å². The Labute approximate surface area is 156 Å². The van der Waals surface area contributed by atoms with E-state index < -0.39 is 5.54 Å². The van der Waals surface area contributed by atoms with Crippen LogP contribution in [-0.2, 0) is 12.1 Å². The van der Waals surface area contributed by atoms with Crippen molar-refractivity contribution < 1.29 is 9.26 Å². The summed E-state index contributed by atoms with van der Waals surface area (Å²) in [6, 6.07) is 11.5. The average molecular weight is 380 g/mol. The molecule has 0 spiro atoms. The normalized spacial score (nSPS) is 15.9. The summed E-state index contributed by atoms with van der Waals surface area (Å²) in [6.45, 7) is 0.203. The van der Waals surface area contributed by atoms with E-state index >= 15 is 0 Å². The van der Waals surface area contributed by atoms with E-state index in [0.29, 0.717) is 16.7 Å². The molecule has 0 radical (unpaired) electrons. The van der Waals surface area contributed by atoms with Crippen molar-refractivity contribution >= 4 is 34.8 Å². The number of benzene rings is 2. The lowest BCUT2D eigenvalue weighted by Gasteiger charge is -2.17. The molecule has 0 amide bonds. The van der Waals surface area contributed by atoms with Gasteiger partial charge in [0.1, 0.15) is 5.75 Å². The lowest BCUT2D eigenvalue weighted by atomic mass is 9.99. The highest BCUT2D eigenvalue weighted by Crippen LogP contribution is 2.35. The van der Waals surface area contributed by atoms with E-state index in [-0.39, 0.29) is 19.0 Å². The smallest absolute Gasteiger partial charge is 0.264 e. The molecular formula is C18H19Cl2N3O2. The number of halogens is 2. The van der Waals surface area contributed by atoms with Gasteiger partial charge in [-0.3, -0.25) is 0 Å². The first-order chi connectivity index (χ1) is 11.7. The molecule has 0 unspecified atom stereocenters. The van der Waals surface area contributed by atoms with E-state index in [4.69, 9.17) is 26.6 Å². The summed E-state index contributed by atoms with van der Waals surface area (Å²) in [5.41, 5.74) is 5.90. The second-order valence-electron chi connectivity index (χ2n) is 6.25. The van der Waals surface area contributed by atoms with Gasteiger partial charge in [-0.2, -0.15) is 4.98 Å². The van der Waals surface area contributed by atoms with Crippen molar-refractivity contribution in [3.63, 3.8) is 0 Å². The Bertz CT molecular complexity index is 876. The van der Waals surface area contributed by atoms with Gasteiger partial charge in [-0.25, -0.2) is 0 Å². The minimum absolute atomic E-state index is 0. The number of aromatic nitrogens is 2. The zero-order valence-electron chi connectivity index (χ0n) is 13.6. The van der Waals surface area contributed by atoms with Crippen LogP contribution in [-0.4, -0.2) is 10.1 Å². The summed E-state index contributed by atoms with van der Waals surface area (Å²) in [5.74, 6) is 1.75. The minimum atomic E-state index is -0.450. The van der Waals surface area contributed by atoms with Gasteiger partial charge in [-0.15, -0.1) is 12.4 Å². The van der Waals surface area contributed by atoms with E-state index in [1.165, 1.54) is 0 Å². The molecule has 0 aliphatic heterocycles. The van der Waals surface area contributed by atoms with Crippen LogP contribution >= 0.6 is 24.0 Å². The summed E-state index contributed by atoms with van der Waals surface area (Å²) in [7, 11) is 0. The summed E-state index contributed by atoms with van der Waals surface area (Å²) in [6.07, 6.45) is 4.00. The van der Waals surface area contributed by atoms with Crippen LogP contribution in [0.15, 0.2) is 40.9 Å². The Hall–Kier alpha value is -1.82. The van der Waals surface area contributed by atoms with Crippen LogP contribution in [0.3, 0.4) is 0 Å². The first-order valence-electron chi connectivity index (χ1n) is 8.08. The van der Waals surface area contributed by atoms with Crippen LogP contribution < -0.4 is 10.5 Å². The van der Waals surface area contributed by atoms with Gasteiger partial charge in [0.2, 0.25) is 0 Å². The Morgan fingerprint density at radius 1 is 1.12 bits per heavy atom. The van der Waals surface area contributed by atoms with Crippen molar-refractivity contribution in [1.82, 2.24) is 10.1 Å². The molecule has 1 heterocycles. The van der Waals surface area contributed by atoms with E-state index in [0.717, 1.165) is 42.2 Å². The second kappa shape index (κ2) is 7.20. The number of fused-ring (bicyclic) bond motifs is 1. The number of rotatable bonds is 4. The van der Waals surface area contributed by atoms with Crippen molar-refractivity contribution in [3.05, 3.63) is 53.1 Å². The molecule has 7 heteroatoms. The van der Waals surface area contributed by atoms with Gasteiger partial charge >= 0.3 is 0 Å². The third-order valence-corrected chi connectivity index (χ3v) is 4.92. The largest absolute Gasteiger partial charge is 0.483 e. The molecule has 0 saturated heterocycles. The molecule has 3 aromatic rings. The van der Waals surface area contributed by atoms with Crippen molar-refractivity contribution in [2.24, 2.45) is 5.73 Å².